The highest BCUT2D eigenvalue weighted by Gasteiger charge is 2.47. The third-order valence-corrected chi connectivity index (χ3v) is 3.96. The van der Waals surface area contributed by atoms with Crippen LogP contribution in [-0.2, 0) is 9.53 Å². The molecule has 0 aromatic carbocycles. The fraction of sp³-hybridized carbons (Fsp3) is 0.667. The summed E-state index contributed by atoms with van der Waals surface area (Å²) in [5.41, 5.74) is 1.04. The number of hydrogen-bond donors (Lipinski definition) is 1. The first-order valence-electron chi connectivity index (χ1n) is 6.68. The highest BCUT2D eigenvalue weighted by molar-refractivity contribution is 5.82. The van der Waals surface area contributed by atoms with Gasteiger partial charge in [-0.3, -0.25) is 4.79 Å². The topological polar surface area (TPSA) is 49.8 Å². The molecule has 0 aromatic rings. The van der Waals surface area contributed by atoms with Crippen LogP contribution < -0.4 is 0 Å². The lowest BCUT2D eigenvalue weighted by Gasteiger charge is -2.20. The van der Waals surface area contributed by atoms with Gasteiger partial charge in [0.25, 0.3) is 0 Å². The molecule has 0 saturated carbocycles. The number of carbonyl (C=O) groups is 1. The van der Waals surface area contributed by atoms with Crippen molar-refractivity contribution in [2.45, 2.75) is 38.9 Å². The molecule has 1 fully saturated rings. The summed E-state index contributed by atoms with van der Waals surface area (Å²) in [4.78, 5) is 12.2. The summed E-state index contributed by atoms with van der Waals surface area (Å²) in [6, 6.07) is 0. The van der Waals surface area contributed by atoms with Gasteiger partial charge in [0.05, 0.1) is 24.7 Å². The number of aliphatic hydroxyl groups excluding tert-OH is 1. The van der Waals surface area contributed by atoms with Crippen molar-refractivity contribution < 1.29 is 14.6 Å². The molecule has 100 valence electrons. The molecule has 0 amide bonds. The molecule has 18 heavy (non-hydrogen) atoms. The molecule has 0 radical (unpaired) electrons. The van der Waals surface area contributed by atoms with Crippen LogP contribution >= 0.6 is 0 Å². The van der Waals surface area contributed by atoms with E-state index in [-0.39, 0.29) is 36.4 Å². The van der Waals surface area contributed by atoms with E-state index < -0.39 is 0 Å². The van der Waals surface area contributed by atoms with Gasteiger partial charge in [-0.15, -0.1) is 0 Å². The lowest BCUT2D eigenvalue weighted by atomic mass is 9.84. The van der Waals surface area contributed by atoms with Gasteiger partial charge in [0.2, 0.25) is 0 Å². The maximum absolute atomic E-state index is 12.2. The largest absolute Gasteiger partial charge is 0.396 e. The van der Waals surface area contributed by atoms with Crippen LogP contribution in [0.5, 0.6) is 0 Å². The molecule has 1 N–H and O–H groups in total. The molecular formula is C15H22O3. The van der Waals surface area contributed by atoms with Gasteiger partial charge >= 0.3 is 0 Å². The third kappa shape index (κ3) is 2.90. The molecule has 1 saturated heterocycles. The van der Waals surface area contributed by atoms with Crippen LogP contribution in [0, 0.1) is 17.8 Å². The van der Waals surface area contributed by atoms with Crippen LogP contribution in [-0.4, -0.2) is 29.7 Å². The first kappa shape index (κ1) is 13.5. The van der Waals surface area contributed by atoms with Gasteiger partial charge in [-0.1, -0.05) is 38.2 Å². The molecule has 3 unspecified atom stereocenters. The van der Waals surface area contributed by atoms with E-state index in [1.807, 2.05) is 6.08 Å². The van der Waals surface area contributed by atoms with Crippen molar-refractivity contribution in [2.75, 3.05) is 6.61 Å². The number of Topliss-reactive ketones (excluding diaryl/α,β-unsaturated/α-hetero) is 1. The monoisotopic (exact) mass is 250 g/mol. The molecule has 2 aliphatic rings. The normalized spacial score (nSPS) is 38.4. The average molecular weight is 250 g/mol. The molecular weight excluding hydrogens is 228 g/mol. The summed E-state index contributed by atoms with van der Waals surface area (Å²) in [5.74, 6) is 0.405. The fourth-order valence-electron chi connectivity index (χ4n) is 2.56. The first-order chi connectivity index (χ1) is 8.52. The molecule has 4 atom stereocenters. The highest BCUT2D eigenvalue weighted by atomic mass is 16.6. The third-order valence-electron chi connectivity index (χ3n) is 3.96. The molecule has 3 nitrogen and oxygen atoms in total. The lowest BCUT2D eigenvalue weighted by molar-refractivity contribution is -0.125. The average Bonchev–Trinajstić information content (AvgIpc) is 3.03. The van der Waals surface area contributed by atoms with Gasteiger partial charge in [-0.25, -0.2) is 0 Å². The Morgan fingerprint density at radius 3 is 2.83 bits per heavy atom. The van der Waals surface area contributed by atoms with E-state index in [0.717, 1.165) is 12.0 Å². The number of fused-ring (bicyclic) bond motifs is 1. The Morgan fingerprint density at radius 2 is 2.22 bits per heavy atom. The van der Waals surface area contributed by atoms with Crippen LogP contribution in [0.25, 0.3) is 0 Å². The van der Waals surface area contributed by atoms with E-state index in [1.165, 1.54) is 0 Å². The highest BCUT2D eigenvalue weighted by Crippen LogP contribution is 2.37. The predicted molar refractivity (Wildman–Crippen MR) is 70.1 cm³/mol. The Bertz CT molecular complexity index is 370. The molecule has 1 heterocycles. The Balaban J connectivity index is 2.18. The second kappa shape index (κ2) is 5.37. The van der Waals surface area contributed by atoms with Crippen molar-refractivity contribution in [3.8, 4) is 0 Å². The van der Waals surface area contributed by atoms with E-state index in [4.69, 9.17) is 4.74 Å². The number of ether oxygens (including phenoxy) is 1. The molecule has 3 heteroatoms. The molecule has 1 aliphatic heterocycles. The van der Waals surface area contributed by atoms with E-state index in [0.29, 0.717) is 12.3 Å². The van der Waals surface area contributed by atoms with Crippen molar-refractivity contribution >= 4 is 5.78 Å². The number of hydrogen-bond acceptors (Lipinski definition) is 3. The van der Waals surface area contributed by atoms with Gasteiger partial charge in [0, 0.05) is 12.8 Å². The smallest absolute Gasteiger partial charge is 0.141 e. The number of ketones is 1. The fourth-order valence-corrected chi connectivity index (χ4v) is 2.56. The van der Waals surface area contributed by atoms with Gasteiger partial charge in [0.1, 0.15) is 5.78 Å². The van der Waals surface area contributed by atoms with E-state index in [1.54, 1.807) is 0 Å². The summed E-state index contributed by atoms with van der Waals surface area (Å²) in [5, 5.41) is 9.39. The van der Waals surface area contributed by atoms with Crippen molar-refractivity contribution in [3.63, 3.8) is 0 Å². The molecule has 2 rings (SSSR count). The Labute approximate surface area is 109 Å². The second-order valence-electron chi connectivity index (χ2n) is 5.73. The van der Waals surface area contributed by atoms with Crippen molar-refractivity contribution in [1.82, 2.24) is 0 Å². The zero-order chi connectivity index (χ0) is 13.3. The number of carbonyl (C=O) groups excluding carboxylic acids is 1. The minimum Gasteiger partial charge on any atom is -0.396 e. The zero-order valence-corrected chi connectivity index (χ0v) is 11.1. The molecule has 1 aliphatic carbocycles. The number of rotatable bonds is 2. The number of aliphatic hydroxyl groups is 1. The van der Waals surface area contributed by atoms with E-state index in [9.17, 15) is 9.90 Å². The Hall–Kier alpha value is -0.930. The summed E-state index contributed by atoms with van der Waals surface area (Å²) in [6.07, 6.45) is 5.32. The van der Waals surface area contributed by atoms with Crippen LogP contribution in [0.2, 0.25) is 0 Å². The van der Waals surface area contributed by atoms with Gasteiger partial charge in [-0.05, 0) is 11.8 Å². The standard InChI is InChI=1S/C15H22O3/c1-9(2)11-5-4-10(3)6-14-15(18-14)12(8-16)13(17)7-11/h4-5,9,11-12,14-16H,3,6-8H2,1-2H3/b5-4+/t11?,12-,14?,15?/m1/s1. The van der Waals surface area contributed by atoms with E-state index in [2.05, 4.69) is 26.5 Å². The van der Waals surface area contributed by atoms with Crippen molar-refractivity contribution in [3.05, 3.63) is 24.3 Å². The minimum atomic E-state index is -0.351. The summed E-state index contributed by atoms with van der Waals surface area (Å²) >= 11 is 0. The van der Waals surface area contributed by atoms with Crippen LogP contribution in [0.3, 0.4) is 0 Å². The Morgan fingerprint density at radius 1 is 1.50 bits per heavy atom. The SMILES string of the molecule is C=C1/C=C/C(C(C)C)CC(=O)[C@@H](CO)C2OC2C1. The maximum atomic E-state index is 12.2. The minimum absolute atomic E-state index is 0.0684. The van der Waals surface area contributed by atoms with Crippen LogP contribution in [0.15, 0.2) is 24.3 Å². The predicted octanol–water partition coefficient (Wildman–Crippen LogP) is 2.11. The quantitative estimate of drug-likeness (QED) is 0.764. The van der Waals surface area contributed by atoms with Gasteiger partial charge in [0.15, 0.2) is 0 Å². The molecule has 0 spiro atoms. The maximum Gasteiger partial charge on any atom is 0.141 e. The lowest BCUT2D eigenvalue weighted by Crippen LogP contribution is -2.28. The summed E-state index contributed by atoms with van der Waals surface area (Å²) in [6.45, 7) is 8.13. The summed E-state index contributed by atoms with van der Waals surface area (Å²) < 4.78 is 5.51. The van der Waals surface area contributed by atoms with Gasteiger partial charge < -0.3 is 9.84 Å². The summed E-state index contributed by atoms with van der Waals surface area (Å²) in [7, 11) is 0. The first-order valence-corrected chi connectivity index (χ1v) is 6.68. The zero-order valence-electron chi connectivity index (χ0n) is 11.1. The number of allylic oxidation sites excluding steroid dienone is 2. The van der Waals surface area contributed by atoms with Crippen molar-refractivity contribution in [1.29, 1.82) is 0 Å². The second-order valence-corrected chi connectivity index (χ2v) is 5.73. The van der Waals surface area contributed by atoms with Crippen LogP contribution in [0.1, 0.15) is 26.7 Å². The van der Waals surface area contributed by atoms with Crippen molar-refractivity contribution in [2.24, 2.45) is 17.8 Å². The van der Waals surface area contributed by atoms with Gasteiger partial charge in [-0.2, -0.15) is 0 Å². The Kier molecular flexibility index (Phi) is 4.03. The molecule has 0 bridgehead atoms. The van der Waals surface area contributed by atoms with Crippen LogP contribution in [0.4, 0.5) is 0 Å². The number of epoxide rings is 1. The molecule has 0 aromatic heterocycles. The van der Waals surface area contributed by atoms with E-state index >= 15 is 0 Å².